The summed E-state index contributed by atoms with van der Waals surface area (Å²) in [6, 6.07) is 14.6. The van der Waals surface area contributed by atoms with Gasteiger partial charge in [-0.15, -0.1) is 0 Å². The molecule has 4 N–H and O–H groups in total. The lowest BCUT2D eigenvalue weighted by Gasteiger charge is -2.20. The van der Waals surface area contributed by atoms with Gasteiger partial charge < -0.3 is 16.0 Å². The molecule has 0 saturated heterocycles. The van der Waals surface area contributed by atoms with Crippen molar-refractivity contribution in [1.29, 1.82) is 0 Å². The van der Waals surface area contributed by atoms with E-state index in [0.29, 0.717) is 5.92 Å². The third-order valence-electron chi connectivity index (χ3n) is 5.37. The highest BCUT2D eigenvalue weighted by atomic mass is 16.2. The van der Waals surface area contributed by atoms with Crippen molar-refractivity contribution in [1.82, 2.24) is 5.32 Å². The van der Waals surface area contributed by atoms with E-state index in [9.17, 15) is 9.59 Å². The van der Waals surface area contributed by atoms with E-state index in [1.807, 2.05) is 37.4 Å². The summed E-state index contributed by atoms with van der Waals surface area (Å²) in [6.07, 6.45) is 1.02. The van der Waals surface area contributed by atoms with E-state index in [1.54, 1.807) is 0 Å². The summed E-state index contributed by atoms with van der Waals surface area (Å²) < 4.78 is 0. The minimum Gasteiger partial charge on any atom is -0.342 e. The third-order valence-corrected chi connectivity index (χ3v) is 5.37. The van der Waals surface area contributed by atoms with Crippen molar-refractivity contribution in [2.24, 2.45) is 5.92 Å². The quantitative estimate of drug-likeness (QED) is 0.610. The fourth-order valence-corrected chi connectivity index (χ4v) is 3.33. The molecule has 5 heteroatoms. The van der Waals surface area contributed by atoms with Crippen LogP contribution in [0.1, 0.15) is 49.1 Å². The molecule has 2 aromatic rings. The number of benzene rings is 2. The zero-order chi connectivity index (χ0) is 21.4. The van der Waals surface area contributed by atoms with Gasteiger partial charge in [-0.05, 0) is 43.0 Å². The highest BCUT2D eigenvalue weighted by molar-refractivity contribution is 5.95. The van der Waals surface area contributed by atoms with Gasteiger partial charge in [-0.1, -0.05) is 57.2 Å². The van der Waals surface area contributed by atoms with Crippen LogP contribution in [0.4, 0.5) is 5.69 Å². The van der Waals surface area contributed by atoms with Crippen LogP contribution < -0.4 is 16.0 Å². The molecule has 0 aliphatic rings. The molecule has 2 aromatic carbocycles. The minimum absolute atomic E-state index is 0.0302. The molecule has 2 amide bonds. The maximum atomic E-state index is 12.3. The van der Waals surface area contributed by atoms with Crippen LogP contribution in [0.15, 0.2) is 42.5 Å². The molecular weight excluding hydrogens is 362 g/mol. The van der Waals surface area contributed by atoms with Crippen LogP contribution in [0.5, 0.6) is 0 Å². The molecule has 0 aliphatic carbocycles. The predicted octanol–water partition coefficient (Wildman–Crippen LogP) is 2.88. The molecule has 0 saturated carbocycles. The van der Waals surface area contributed by atoms with Crippen LogP contribution in [0, 0.1) is 19.8 Å². The number of carbonyl (C=O) groups excluding carboxylic acids is 2. The first kappa shape index (κ1) is 22.6. The lowest BCUT2D eigenvalue weighted by atomic mass is 9.95. The van der Waals surface area contributed by atoms with Gasteiger partial charge in [0.25, 0.3) is 5.91 Å². The second kappa shape index (κ2) is 10.8. The molecule has 0 aromatic heterocycles. The van der Waals surface area contributed by atoms with E-state index in [1.165, 1.54) is 11.1 Å². The van der Waals surface area contributed by atoms with Gasteiger partial charge in [-0.2, -0.15) is 0 Å². The molecule has 156 valence electrons. The molecule has 0 heterocycles. The number of hydrogen-bond acceptors (Lipinski definition) is 2. The second-order valence-electron chi connectivity index (χ2n) is 7.88. The molecule has 0 fully saturated rings. The molecule has 29 heavy (non-hydrogen) atoms. The molecule has 0 unspecified atom stereocenters. The fraction of sp³-hybridized carbons (Fsp3) is 0.417. The highest BCUT2D eigenvalue weighted by Gasteiger charge is 2.20. The first-order valence-corrected chi connectivity index (χ1v) is 10.4. The average Bonchev–Trinajstić information content (AvgIpc) is 2.70. The van der Waals surface area contributed by atoms with E-state index in [-0.39, 0.29) is 30.9 Å². The van der Waals surface area contributed by atoms with Crippen LogP contribution in [-0.2, 0) is 16.0 Å². The average molecular weight is 397 g/mol. The van der Waals surface area contributed by atoms with E-state index < -0.39 is 0 Å². The van der Waals surface area contributed by atoms with Crippen LogP contribution in [0.2, 0.25) is 0 Å². The van der Waals surface area contributed by atoms with Crippen molar-refractivity contribution in [2.75, 3.05) is 18.4 Å². The monoisotopic (exact) mass is 396 g/mol. The summed E-state index contributed by atoms with van der Waals surface area (Å²) in [5.74, 6) is 0.0300. The van der Waals surface area contributed by atoms with Gasteiger partial charge in [0.15, 0.2) is 6.54 Å². The first-order chi connectivity index (χ1) is 13.8. The summed E-state index contributed by atoms with van der Waals surface area (Å²) in [7, 11) is 0. The van der Waals surface area contributed by atoms with Crippen LogP contribution >= 0.6 is 0 Å². The van der Waals surface area contributed by atoms with Gasteiger partial charge in [0.1, 0.15) is 6.04 Å². The molecule has 5 nitrogen and oxygen atoms in total. The van der Waals surface area contributed by atoms with E-state index in [0.717, 1.165) is 23.2 Å². The molecule has 0 radical (unpaired) electrons. The maximum Gasteiger partial charge on any atom is 0.275 e. The summed E-state index contributed by atoms with van der Waals surface area (Å²) in [5.41, 5.74) is 5.47. The van der Waals surface area contributed by atoms with E-state index in [2.05, 4.69) is 55.7 Å². The van der Waals surface area contributed by atoms with Gasteiger partial charge >= 0.3 is 0 Å². The third kappa shape index (κ3) is 6.71. The Morgan fingerprint density at radius 1 is 1.00 bits per heavy atom. The molecule has 1 atom stereocenters. The van der Waals surface area contributed by atoms with Gasteiger partial charge in [-0.3, -0.25) is 9.59 Å². The summed E-state index contributed by atoms with van der Waals surface area (Å²) in [6.45, 7) is 10.7. The Bertz CT molecular complexity index is 829. The molecular formula is C24H34N3O2+. The number of rotatable bonds is 9. The Kier molecular flexibility index (Phi) is 8.40. The normalized spacial score (nSPS) is 11.9. The molecule has 0 bridgehead atoms. The Balaban J connectivity index is 1.84. The van der Waals surface area contributed by atoms with Crippen molar-refractivity contribution in [3.05, 3.63) is 64.7 Å². The largest absolute Gasteiger partial charge is 0.342 e. The number of nitrogens with one attached hydrogen (secondary N) is 2. The number of hydrogen-bond donors (Lipinski definition) is 3. The summed E-state index contributed by atoms with van der Waals surface area (Å²) in [4.78, 5) is 24.4. The molecule has 2 rings (SSSR count). The van der Waals surface area contributed by atoms with Crippen molar-refractivity contribution in [2.45, 2.75) is 47.1 Å². The summed E-state index contributed by atoms with van der Waals surface area (Å²) in [5, 5.41) is 7.63. The van der Waals surface area contributed by atoms with Gasteiger partial charge in [-0.25, -0.2) is 0 Å². The first-order valence-electron chi connectivity index (χ1n) is 10.4. The van der Waals surface area contributed by atoms with Crippen LogP contribution in [0.3, 0.4) is 0 Å². The van der Waals surface area contributed by atoms with Crippen molar-refractivity contribution in [3.8, 4) is 0 Å². The minimum atomic E-state index is -0.220. The number of quaternary nitrogens is 1. The van der Waals surface area contributed by atoms with Gasteiger partial charge in [0, 0.05) is 17.2 Å². The van der Waals surface area contributed by atoms with Crippen molar-refractivity contribution >= 4 is 17.5 Å². The number of nitrogens with two attached hydrogens (primary N) is 1. The standard InChI is InChI=1S/C24H33N3O2/c1-6-19-10-12-20(13-11-19)24(16(2)3)26-14-22(28)25-15-23(29)27-21-9-7-8-17(4)18(21)5/h7-13,16,24,26H,6,14-15H2,1-5H3,(H,25,28)(H,27,29)/p+1/t24-/m0/s1. The molecule has 0 aliphatic heterocycles. The maximum absolute atomic E-state index is 12.3. The van der Waals surface area contributed by atoms with E-state index >= 15 is 0 Å². The SMILES string of the molecule is CCc1ccc([C@@H]([NH2+]CC(=O)NCC(=O)Nc2cccc(C)c2C)C(C)C)cc1. The van der Waals surface area contributed by atoms with E-state index in [4.69, 9.17) is 0 Å². The second-order valence-corrected chi connectivity index (χ2v) is 7.88. The van der Waals surface area contributed by atoms with Gasteiger partial charge in [0.05, 0.1) is 6.54 Å². The number of anilines is 1. The summed E-state index contributed by atoms with van der Waals surface area (Å²) >= 11 is 0. The number of aryl methyl sites for hydroxylation is 2. The van der Waals surface area contributed by atoms with Crippen LogP contribution in [0.25, 0.3) is 0 Å². The van der Waals surface area contributed by atoms with Crippen LogP contribution in [-0.4, -0.2) is 24.9 Å². The smallest absolute Gasteiger partial charge is 0.275 e. The Hall–Kier alpha value is -2.66. The predicted molar refractivity (Wildman–Crippen MR) is 118 cm³/mol. The number of amides is 2. The lowest BCUT2D eigenvalue weighted by Crippen LogP contribution is -2.88. The lowest BCUT2D eigenvalue weighted by molar-refractivity contribution is -0.692. The topological polar surface area (TPSA) is 74.8 Å². The Morgan fingerprint density at radius 2 is 1.69 bits per heavy atom. The highest BCUT2D eigenvalue weighted by Crippen LogP contribution is 2.19. The Morgan fingerprint density at radius 3 is 2.31 bits per heavy atom. The Labute approximate surface area is 174 Å². The molecule has 0 spiro atoms. The zero-order valence-corrected chi connectivity index (χ0v) is 18.2. The van der Waals surface area contributed by atoms with Gasteiger partial charge in [0.2, 0.25) is 5.91 Å². The zero-order valence-electron chi connectivity index (χ0n) is 18.2. The van der Waals surface area contributed by atoms with Crippen molar-refractivity contribution < 1.29 is 14.9 Å². The fourth-order valence-electron chi connectivity index (χ4n) is 3.33. The van der Waals surface area contributed by atoms with Crippen molar-refractivity contribution in [3.63, 3.8) is 0 Å². The number of carbonyl (C=O) groups is 2.